The van der Waals surface area contributed by atoms with Crippen molar-refractivity contribution in [3.63, 3.8) is 0 Å². The predicted molar refractivity (Wildman–Crippen MR) is 198 cm³/mol. The van der Waals surface area contributed by atoms with Crippen LogP contribution in [0.5, 0.6) is 0 Å². The van der Waals surface area contributed by atoms with Gasteiger partial charge in [-0.15, -0.1) is 11.3 Å². The highest BCUT2D eigenvalue weighted by molar-refractivity contribution is 7.25. The zero-order valence-corrected chi connectivity index (χ0v) is 25.6. The Morgan fingerprint density at radius 1 is 0.348 bits per heavy atom. The lowest BCUT2D eigenvalue weighted by Crippen LogP contribution is -1.95. The summed E-state index contributed by atoms with van der Waals surface area (Å²) in [5.41, 5.74) is 9.32. The zero-order chi connectivity index (χ0) is 30.2. The lowest BCUT2D eigenvalue weighted by Gasteiger charge is -2.11. The maximum atomic E-state index is 3.74. The largest absolute Gasteiger partial charge is 0.355 e. The van der Waals surface area contributed by atoms with Crippen molar-refractivity contribution in [2.75, 3.05) is 5.32 Å². The van der Waals surface area contributed by atoms with Crippen LogP contribution in [-0.4, -0.2) is 9.13 Å². The van der Waals surface area contributed by atoms with Gasteiger partial charge in [-0.2, -0.15) is 0 Å². The zero-order valence-electron chi connectivity index (χ0n) is 24.8. The molecule has 0 amide bonds. The van der Waals surface area contributed by atoms with Crippen molar-refractivity contribution in [3.8, 4) is 11.4 Å². The first-order chi connectivity index (χ1) is 22.8. The molecule has 1 N–H and O–H groups in total. The summed E-state index contributed by atoms with van der Waals surface area (Å²) in [5, 5.41) is 11.3. The number of hydrogen-bond donors (Lipinski definition) is 1. The lowest BCUT2D eigenvalue weighted by molar-refractivity contribution is 1.18. The first-order valence-electron chi connectivity index (χ1n) is 15.6. The molecule has 3 nitrogen and oxygen atoms in total. The van der Waals surface area contributed by atoms with Crippen LogP contribution in [0.1, 0.15) is 0 Å². The van der Waals surface area contributed by atoms with Gasteiger partial charge in [-0.3, -0.25) is 0 Å². The Hall–Kier alpha value is -5.84. The molecule has 0 aliphatic rings. The molecule has 3 aromatic heterocycles. The maximum absolute atomic E-state index is 3.74. The van der Waals surface area contributed by atoms with E-state index in [2.05, 4.69) is 172 Å². The summed E-state index contributed by atoms with van der Waals surface area (Å²) >= 11 is 1.86. The van der Waals surface area contributed by atoms with E-state index in [1.807, 2.05) is 11.3 Å². The summed E-state index contributed by atoms with van der Waals surface area (Å²) in [5.74, 6) is 0. The van der Waals surface area contributed by atoms with E-state index < -0.39 is 0 Å². The highest BCUT2D eigenvalue weighted by Crippen LogP contribution is 2.39. The molecule has 0 aliphatic carbocycles. The summed E-state index contributed by atoms with van der Waals surface area (Å²) in [7, 11) is 0. The Kier molecular flexibility index (Phi) is 5.45. The fourth-order valence-electron chi connectivity index (χ4n) is 7.25. The summed E-state index contributed by atoms with van der Waals surface area (Å²) in [6.07, 6.45) is 0. The summed E-state index contributed by atoms with van der Waals surface area (Å²) in [6.45, 7) is 0. The van der Waals surface area contributed by atoms with Gasteiger partial charge in [0.15, 0.2) is 0 Å². The average Bonchev–Trinajstić information content (AvgIpc) is 3.76. The molecule has 0 saturated heterocycles. The van der Waals surface area contributed by atoms with Crippen LogP contribution < -0.4 is 5.32 Å². The van der Waals surface area contributed by atoms with Gasteiger partial charge in [0.1, 0.15) is 0 Å². The predicted octanol–water partition coefficient (Wildman–Crippen LogP) is 12.0. The van der Waals surface area contributed by atoms with Crippen molar-refractivity contribution in [3.05, 3.63) is 158 Å². The van der Waals surface area contributed by atoms with Gasteiger partial charge in [0.05, 0.1) is 22.1 Å². The van der Waals surface area contributed by atoms with Crippen molar-refractivity contribution in [1.29, 1.82) is 0 Å². The second-order valence-corrected chi connectivity index (χ2v) is 13.0. The van der Waals surface area contributed by atoms with E-state index in [1.54, 1.807) is 0 Å². The Bertz CT molecular complexity index is 2780. The number of benzene rings is 7. The third-order valence-electron chi connectivity index (χ3n) is 9.27. The first-order valence-corrected chi connectivity index (χ1v) is 16.4. The van der Waals surface area contributed by atoms with Crippen LogP contribution in [-0.2, 0) is 0 Å². The Morgan fingerprint density at radius 2 is 0.870 bits per heavy atom. The molecule has 0 aliphatic heterocycles. The van der Waals surface area contributed by atoms with Gasteiger partial charge in [0.25, 0.3) is 0 Å². The number of anilines is 2. The molecule has 0 fully saturated rings. The molecule has 10 aromatic rings. The molecule has 0 spiro atoms. The highest BCUT2D eigenvalue weighted by Gasteiger charge is 2.16. The van der Waals surface area contributed by atoms with Crippen molar-refractivity contribution < 1.29 is 0 Å². The minimum absolute atomic E-state index is 1.07. The van der Waals surface area contributed by atoms with Gasteiger partial charge in [-0.1, -0.05) is 72.8 Å². The van der Waals surface area contributed by atoms with Crippen LogP contribution in [0, 0.1) is 0 Å². The number of aromatic nitrogens is 2. The second kappa shape index (κ2) is 9.83. The third kappa shape index (κ3) is 3.77. The Labute approximate surface area is 269 Å². The van der Waals surface area contributed by atoms with Crippen LogP contribution in [0.4, 0.5) is 11.4 Å². The molecule has 0 saturated carbocycles. The van der Waals surface area contributed by atoms with Crippen LogP contribution in [0.25, 0.3) is 75.2 Å². The monoisotopic (exact) mass is 605 g/mol. The SMILES string of the molecule is c1ccc(-n2c3ccccc3c3cc(Nc4ccc5c(c4)c4ccccc4n5-c4ccc5sc6ccccc6c5c4)ccc32)cc1. The van der Waals surface area contributed by atoms with Crippen LogP contribution in [0.2, 0.25) is 0 Å². The molecule has 4 heteroatoms. The molecule has 0 atom stereocenters. The Morgan fingerprint density at radius 3 is 1.54 bits per heavy atom. The minimum atomic E-state index is 1.07. The molecular weight excluding hydrogens is 579 g/mol. The van der Waals surface area contributed by atoms with Crippen LogP contribution in [0.3, 0.4) is 0 Å². The molecule has 216 valence electrons. The number of nitrogens with one attached hydrogen (secondary N) is 1. The van der Waals surface area contributed by atoms with Crippen molar-refractivity contribution >= 4 is 86.5 Å². The molecular formula is C42H27N3S. The molecule has 10 rings (SSSR count). The lowest BCUT2D eigenvalue weighted by atomic mass is 10.1. The molecule has 0 unspecified atom stereocenters. The fraction of sp³-hybridized carbons (Fsp3) is 0. The number of fused-ring (bicyclic) bond motifs is 9. The normalized spacial score (nSPS) is 11.9. The van der Waals surface area contributed by atoms with Crippen molar-refractivity contribution in [2.45, 2.75) is 0 Å². The number of para-hydroxylation sites is 3. The third-order valence-corrected chi connectivity index (χ3v) is 10.4. The van der Waals surface area contributed by atoms with Gasteiger partial charge < -0.3 is 14.5 Å². The van der Waals surface area contributed by atoms with E-state index in [1.165, 1.54) is 75.2 Å². The van der Waals surface area contributed by atoms with Crippen molar-refractivity contribution in [1.82, 2.24) is 9.13 Å². The van der Waals surface area contributed by atoms with Crippen molar-refractivity contribution in [2.24, 2.45) is 0 Å². The van der Waals surface area contributed by atoms with E-state index in [4.69, 9.17) is 0 Å². The van der Waals surface area contributed by atoms with Gasteiger partial charge in [-0.25, -0.2) is 0 Å². The number of nitrogens with zero attached hydrogens (tertiary/aromatic N) is 2. The van der Waals surface area contributed by atoms with E-state index in [0.717, 1.165) is 11.4 Å². The summed E-state index contributed by atoms with van der Waals surface area (Å²) in [6, 6.07) is 57.1. The molecule has 3 heterocycles. The van der Waals surface area contributed by atoms with Crippen LogP contribution >= 0.6 is 11.3 Å². The molecule has 7 aromatic carbocycles. The Balaban J connectivity index is 1.10. The number of rotatable bonds is 4. The minimum Gasteiger partial charge on any atom is -0.355 e. The smallest absolute Gasteiger partial charge is 0.0542 e. The van der Waals surface area contributed by atoms with E-state index in [-0.39, 0.29) is 0 Å². The fourth-order valence-corrected chi connectivity index (χ4v) is 8.34. The van der Waals surface area contributed by atoms with E-state index in [0.29, 0.717) is 0 Å². The van der Waals surface area contributed by atoms with Crippen LogP contribution in [0.15, 0.2) is 158 Å². The summed E-state index contributed by atoms with van der Waals surface area (Å²) in [4.78, 5) is 0. The summed E-state index contributed by atoms with van der Waals surface area (Å²) < 4.78 is 7.41. The molecule has 0 radical (unpaired) electrons. The van der Waals surface area contributed by atoms with E-state index in [9.17, 15) is 0 Å². The van der Waals surface area contributed by atoms with Gasteiger partial charge in [0, 0.05) is 64.5 Å². The van der Waals surface area contributed by atoms with Gasteiger partial charge >= 0.3 is 0 Å². The second-order valence-electron chi connectivity index (χ2n) is 11.9. The molecule has 46 heavy (non-hydrogen) atoms. The maximum Gasteiger partial charge on any atom is 0.0542 e. The standard InChI is InChI=1S/C42H27N3S/c1-2-10-29(11-3-1)44-37-15-7-4-12-31(37)34-24-27(18-21-39(34)44)43-28-19-22-40-35(25-28)32-13-5-8-16-38(32)45(40)30-20-23-42-36(26-30)33-14-6-9-17-41(33)46-42/h1-26,43H. The first kappa shape index (κ1) is 25.5. The number of hydrogen-bond acceptors (Lipinski definition) is 2. The molecule has 0 bridgehead atoms. The average molecular weight is 606 g/mol. The van der Waals surface area contributed by atoms with Gasteiger partial charge in [-0.05, 0) is 84.9 Å². The van der Waals surface area contributed by atoms with E-state index >= 15 is 0 Å². The highest BCUT2D eigenvalue weighted by atomic mass is 32.1. The number of thiophene rings is 1. The quantitative estimate of drug-likeness (QED) is 0.212. The topological polar surface area (TPSA) is 21.9 Å². The van der Waals surface area contributed by atoms with Gasteiger partial charge in [0.2, 0.25) is 0 Å².